The number of nitrogens with one attached hydrogen (secondary N) is 1. The van der Waals surface area contributed by atoms with Gasteiger partial charge in [0.05, 0.1) is 5.56 Å². The standard InChI is InChI=1S/C22H24N2O3/c1-13-3-6-18(20(25)7-13)22(27)24-11-16-5-4-15(9-17(16)12-24)10-23-21(26)19-8-14(19)2/h3-7,9,14,19,25H,8,10-12H2,1-2H3,(H,23,26)/t14-,19-/m0/s1. The number of hydrogen-bond donors (Lipinski definition) is 2. The van der Waals surface area contributed by atoms with Gasteiger partial charge in [-0.05, 0) is 53.6 Å². The number of amides is 2. The van der Waals surface area contributed by atoms with Crippen LogP contribution in [0.15, 0.2) is 36.4 Å². The topological polar surface area (TPSA) is 69.6 Å². The first kappa shape index (κ1) is 17.6. The molecule has 5 nitrogen and oxygen atoms in total. The zero-order valence-electron chi connectivity index (χ0n) is 15.7. The quantitative estimate of drug-likeness (QED) is 0.876. The second-order valence-electron chi connectivity index (χ2n) is 7.82. The van der Waals surface area contributed by atoms with Crippen LogP contribution in [0.25, 0.3) is 0 Å². The van der Waals surface area contributed by atoms with Gasteiger partial charge in [0, 0.05) is 25.6 Å². The summed E-state index contributed by atoms with van der Waals surface area (Å²) < 4.78 is 0. The van der Waals surface area contributed by atoms with Crippen molar-refractivity contribution in [2.24, 2.45) is 11.8 Å². The zero-order valence-corrected chi connectivity index (χ0v) is 15.7. The Morgan fingerprint density at radius 1 is 1.15 bits per heavy atom. The summed E-state index contributed by atoms with van der Waals surface area (Å²) in [7, 11) is 0. The van der Waals surface area contributed by atoms with Gasteiger partial charge in [-0.2, -0.15) is 0 Å². The highest BCUT2D eigenvalue weighted by atomic mass is 16.3. The number of carbonyl (C=O) groups excluding carboxylic acids is 2. The monoisotopic (exact) mass is 364 g/mol. The third-order valence-corrected chi connectivity index (χ3v) is 5.58. The van der Waals surface area contributed by atoms with E-state index in [4.69, 9.17) is 0 Å². The third-order valence-electron chi connectivity index (χ3n) is 5.58. The Morgan fingerprint density at radius 3 is 2.59 bits per heavy atom. The van der Waals surface area contributed by atoms with Crippen molar-refractivity contribution < 1.29 is 14.7 Å². The molecule has 0 spiro atoms. The van der Waals surface area contributed by atoms with Crippen molar-refractivity contribution in [3.63, 3.8) is 0 Å². The van der Waals surface area contributed by atoms with Crippen LogP contribution in [0.5, 0.6) is 5.75 Å². The van der Waals surface area contributed by atoms with Crippen molar-refractivity contribution in [1.29, 1.82) is 0 Å². The van der Waals surface area contributed by atoms with Gasteiger partial charge < -0.3 is 15.3 Å². The van der Waals surface area contributed by atoms with Gasteiger partial charge in [-0.3, -0.25) is 9.59 Å². The normalized spacial score (nSPS) is 20.3. The van der Waals surface area contributed by atoms with Crippen LogP contribution >= 0.6 is 0 Å². The van der Waals surface area contributed by atoms with Crippen molar-refractivity contribution >= 4 is 11.8 Å². The van der Waals surface area contributed by atoms with Crippen molar-refractivity contribution in [2.75, 3.05) is 0 Å². The molecule has 1 fully saturated rings. The number of phenolic OH excluding ortho intramolecular Hbond substituents is 1. The molecule has 0 bridgehead atoms. The fraction of sp³-hybridized carbons (Fsp3) is 0.364. The van der Waals surface area contributed by atoms with Gasteiger partial charge in [0.2, 0.25) is 5.91 Å². The number of rotatable bonds is 4. The Hall–Kier alpha value is -2.82. The second-order valence-corrected chi connectivity index (χ2v) is 7.82. The van der Waals surface area contributed by atoms with Gasteiger partial charge in [-0.25, -0.2) is 0 Å². The van der Waals surface area contributed by atoms with Gasteiger partial charge in [0.25, 0.3) is 5.91 Å². The summed E-state index contributed by atoms with van der Waals surface area (Å²) in [6, 6.07) is 11.2. The van der Waals surface area contributed by atoms with Gasteiger partial charge >= 0.3 is 0 Å². The van der Waals surface area contributed by atoms with E-state index in [-0.39, 0.29) is 23.5 Å². The first-order valence-electron chi connectivity index (χ1n) is 9.39. The summed E-state index contributed by atoms with van der Waals surface area (Å²) in [5.41, 5.74) is 4.51. The van der Waals surface area contributed by atoms with Crippen molar-refractivity contribution in [2.45, 2.75) is 39.9 Å². The molecular formula is C22H24N2O3. The Morgan fingerprint density at radius 2 is 1.89 bits per heavy atom. The minimum absolute atomic E-state index is 0.0219. The molecule has 0 aromatic heterocycles. The maximum absolute atomic E-state index is 12.8. The molecule has 1 aliphatic carbocycles. The molecule has 4 rings (SSSR count). The predicted molar refractivity (Wildman–Crippen MR) is 102 cm³/mol. The molecule has 1 saturated carbocycles. The molecule has 140 valence electrons. The Labute approximate surface area is 159 Å². The lowest BCUT2D eigenvalue weighted by Gasteiger charge is -2.16. The van der Waals surface area contributed by atoms with Crippen molar-refractivity contribution in [3.8, 4) is 5.75 Å². The molecule has 2 aromatic rings. The molecule has 2 amide bonds. The van der Waals surface area contributed by atoms with E-state index in [2.05, 4.69) is 18.3 Å². The third kappa shape index (κ3) is 3.54. The minimum Gasteiger partial charge on any atom is -0.507 e. The van der Waals surface area contributed by atoms with E-state index >= 15 is 0 Å². The Kier molecular flexibility index (Phi) is 4.38. The molecule has 2 aromatic carbocycles. The molecule has 1 heterocycles. The lowest BCUT2D eigenvalue weighted by molar-refractivity contribution is -0.122. The van der Waals surface area contributed by atoms with Crippen LogP contribution in [0.1, 0.15) is 46.0 Å². The number of fused-ring (bicyclic) bond motifs is 1. The lowest BCUT2D eigenvalue weighted by atomic mass is 10.1. The molecule has 1 aliphatic heterocycles. The van der Waals surface area contributed by atoms with E-state index < -0.39 is 0 Å². The Bertz CT molecular complexity index is 922. The average Bonchev–Trinajstić information content (AvgIpc) is 3.22. The first-order valence-corrected chi connectivity index (χ1v) is 9.39. The summed E-state index contributed by atoms with van der Waals surface area (Å²) in [5.74, 6) is 0.669. The molecule has 2 N–H and O–H groups in total. The summed E-state index contributed by atoms with van der Waals surface area (Å²) in [4.78, 5) is 26.5. The lowest BCUT2D eigenvalue weighted by Crippen LogP contribution is -2.25. The van der Waals surface area contributed by atoms with Crippen LogP contribution in [0.3, 0.4) is 0 Å². The maximum Gasteiger partial charge on any atom is 0.258 e. The first-order chi connectivity index (χ1) is 12.9. The number of benzene rings is 2. The van der Waals surface area contributed by atoms with Crippen LogP contribution in [0.4, 0.5) is 0 Å². The van der Waals surface area contributed by atoms with Gasteiger partial charge in [-0.15, -0.1) is 0 Å². The Balaban J connectivity index is 1.42. The highest BCUT2D eigenvalue weighted by Gasteiger charge is 2.38. The highest BCUT2D eigenvalue weighted by Crippen LogP contribution is 2.37. The molecule has 27 heavy (non-hydrogen) atoms. The van der Waals surface area contributed by atoms with Crippen LogP contribution in [0.2, 0.25) is 0 Å². The number of carbonyl (C=O) groups is 2. The average molecular weight is 364 g/mol. The van der Waals surface area contributed by atoms with Crippen molar-refractivity contribution in [3.05, 3.63) is 64.2 Å². The minimum atomic E-state index is -0.165. The molecule has 0 unspecified atom stereocenters. The molecule has 0 saturated heterocycles. The maximum atomic E-state index is 12.8. The number of aryl methyl sites for hydroxylation is 1. The predicted octanol–water partition coefficient (Wildman–Crippen LogP) is 3.13. The summed E-state index contributed by atoms with van der Waals surface area (Å²) in [6.45, 7) is 5.54. The van der Waals surface area contributed by atoms with E-state index in [1.165, 1.54) is 0 Å². The number of hydrogen-bond acceptors (Lipinski definition) is 3. The molecule has 5 heteroatoms. The summed E-state index contributed by atoms with van der Waals surface area (Å²) >= 11 is 0. The summed E-state index contributed by atoms with van der Waals surface area (Å²) in [5, 5.41) is 13.1. The van der Waals surface area contributed by atoms with E-state index in [0.29, 0.717) is 31.1 Å². The smallest absolute Gasteiger partial charge is 0.258 e. The van der Waals surface area contributed by atoms with Crippen molar-refractivity contribution in [1.82, 2.24) is 10.2 Å². The van der Waals surface area contributed by atoms with Gasteiger partial charge in [-0.1, -0.05) is 31.2 Å². The van der Waals surface area contributed by atoms with Gasteiger partial charge in [0.1, 0.15) is 5.75 Å². The largest absolute Gasteiger partial charge is 0.507 e. The molecular weight excluding hydrogens is 340 g/mol. The van der Waals surface area contributed by atoms with E-state index in [1.54, 1.807) is 17.0 Å². The van der Waals surface area contributed by atoms with E-state index in [1.807, 2.05) is 25.1 Å². The molecule has 2 aliphatic rings. The van der Waals surface area contributed by atoms with Crippen LogP contribution in [-0.2, 0) is 24.4 Å². The van der Waals surface area contributed by atoms with Crippen LogP contribution in [0, 0.1) is 18.8 Å². The fourth-order valence-corrected chi connectivity index (χ4v) is 3.70. The fourth-order valence-electron chi connectivity index (χ4n) is 3.70. The van der Waals surface area contributed by atoms with E-state index in [0.717, 1.165) is 28.7 Å². The second kappa shape index (κ2) is 6.72. The highest BCUT2D eigenvalue weighted by molar-refractivity contribution is 5.97. The van der Waals surface area contributed by atoms with Crippen LogP contribution < -0.4 is 5.32 Å². The molecule has 0 radical (unpaired) electrons. The number of nitrogens with zero attached hydrogens (tertiary/aromatic N) is 1. The van der Waals surface area contributed by atoms with E-state index in [9.17, 15) is 14.7 Å². The SMILES string of the molecule is Cc1ccc(C(=O)N2Cc3ccc(CNC(=O)[C@H]4C[C@@H]4C)cc3C2)c(O)c1. The van der Waals surface area contributed by atoms with Crippen LogP contribution in [-0.4, -0.2) is 21.8 Å². The molecule has 2 atom stereocenters. The number of aromatic hydroxyl groups is 1. The van der Waals surface area contributed by atoms with Gasteiger partial charge in [0.15, 0.2) is 0 Å². The zero-order chi connectivity index (χ0) is 19.1. The number of phenols is 1. The summed E-state index contributed by atoms with van der Waals surface area (Å²) in [6.07, 6.45) is 0.985.